The topological polar surface area (TPSA) is 121 Å². The highest BCUT2D eigenvalue weighted by molar-refractivity contribution is 6.44. The van der Waals surface area contributed by atoms with E-state index >= 15 is 0 Å². The number of aromatic nitrogens is 3. The number of nitrogens with zero attached hydrogens (tertiary/aromatic N) is 3. The molecule has 11 heteroatoms. The van der Waals surface area contributed by atoms with Crippen LogP contribution >= 0.6 is 12.4 Å². The summed E-state index contributed by atoms with van der Waals surface area (Å²) in [5, 5.41) is 29.6. The van der Waals surface area contributed by atoms with Crippen LogP contribution in [0.2, 0.25) is 6.32 Å². The van der Waals surface area contributed by atoms with Gasteiger partial charge in [0.1, 0.15) is 23.2 Å². The fourth-order valence-electron chi connectivity index (χ4n) is 3.15. The third kappa shape index (κ3) is 3.62. The number of likely N-dealkylation sites (tertiary alicyclic amines) is 1. The number of fused-ring (bicyclic) bond motifs is 1. The first kappa shape index (κ1) is 18.5. The van der Waals surface area contributed by atoms with Crippen molar-refractivity contribution in [1.82, 2.24) is 20.3 Å². The van der Waals surface area contributed by atoms with E-state index in [4.69, 9.17) is 9.39 Å². The molecule has 9 nitrogen and oxygen atoms in total. The van der Waals surface area contributed by atoms with Gasteiger partial charge in [-0.1, -0.05) is 6.07 Å². The van der Waals surface area contributed by atoms with Crippen LogP contribution in [0.5, 0.6) is 11.5 Å². The van der Waals surface area contributed by atoms with E-state index in [9.17, 15) is 14.9 Å². The summed E-state index contributed by atoms with van der Waals surface area (Å²) in [7, 11) is -0.984. The molecular formula is C15H18BClN4O5. The average molecular weight is 381 g/mol. The van der Waals surface area contributed by atoms with Gasteiger partial charge in [0.15, 0.2) is 0 Å². The standard InChI is InChI=1S/C15H17BN4O5.ClH/c21-15(22)13-12(2-1-9-3-4-16(23)25-14(9)13)24-11-7-20(8-11)6-10-5-17-19-18-10;/h1-2,5,11,23H,3-4,6-8H2,(H,21,22)(H,17,18,19);1H. The van der Waals surface area contributed by atoms with E-state index in [2.05, 4.69) is 20.3 Å². The van der Waals surface area contributed by atoms with Gasteiger partial charge in [-0.25, -0.2) is 4.79 Å². The number of halogens is 1. The maximum absolute atomic E-state index is 11.7. The van der Waals surface area contributed by atoms with Crippen LogP contribution in [0.15, 0.2) is 18.3 Å². The van der Waals surface area contributed by atoms with Gasteiger partial charge in [0.2, 0.25) is 0 Å². The fourth-order valence-corrected chi connectivity index (χ4v) is 3.15. The van der Waals surface area contributed by atoms with Crippen molar-refractivity contribution >= 4 is 25.5 Å². The predicted molar refractivity (Wildman–Crippen MR) is 93.8 cm³/mol. The van der Waals surface area contributed by atoms with Crippen molar-refractivity contribution in [2.45, 2.75) is 25.4 Å². The molecule has 3 N–H and O–H groups in total. The highest BCUT2D eigenvalue weighted by Crippen LogP contribution is 2.37. The van der Waals surface area contributed by atoms with Gasteiger partial charge in [-0.3, -0.25) is 4.90 Å². The lowest BCUT2D eigenvalue weighted by atomic mass is 9.78. The van der Waals surface area contributed by atoms with Crippen LogP contribution in [0, 0.1) is 0 Å². The van der Waals surface area contributed by atoms with E-state index in [1.807, 2.05) is 0 Å². The summed E-state index contributed by atoms with van der Waals surface area (Å²) in [4.78, 5) is 13.8. The molecule has 2 aliphatic rings. The number of hydrogen-bond acceptors (Lipinski definition) is 7. The first-order valence-corrected chi connectivity index (χ1v) is 8.07. The third-order valence-corrected chi connectivity index (χ3v) is 4.40. The Morgan fingerprint density at radius 2 is 2.27 bits per heavy atom. The molecule has 0 saturated carbocycles. The smallest absolute Gasteiger partial charge is 0.522 e. The minimum Gasteiger partial charge on any atom is -0.535 e. The molecule has 0 bridgehead atoms. The van der Waals surface area contributed by atoms with Crippen LogP contribution in [-0.2, 0) is 13.0 Å². The zero-order chi connectivity index (χ0) is 17.4. The Kier molecular flexibility index (Phi) is 5.35. The van der Waals surface area contributed by atoms with Crippen molar-refractivity contribution in [1.29, 1.82) is 0 Å². The van der Waals surface area contributed by atoms with E-state index in [1.54, 1.807) is 18.3 Å². The van der Waals surface area contributed by atoms with Gasteiger partial charge in [-0.05, 0) is 24.4 Å². The Balaban J connectivity index is 0.00000196. The largest absolute Gasteiger partial charge is 0.535 e. The number of nitrogens with one attached hydrogen (secondary N) is 1. The molecule has 1 aromatic heterocycles. The van der Waals surface area contributed by atoms with E-state index in [0.29, 0.717) is 32.4 Å². The molecule has 3 heterocycles. The monoisotopic (exact) mass is 380 g/mol. The Morgan fingerprint density at radius 1 is 1.46 bits per heavy atom. The summed E-state index contributed by atoms with van der Waals surface area (Å²) < 4.78 is 11.2. The van der Waals surface area contributed by atoms with Crippen molar-refractivity contribution in [3.8, 4) is 11.5 Å². The number of hydrogen-bond donors (Lipinski definition) is 3. The third-order valence-electron chi connectivity index (χ3n) is 4.40. The Labute approximate surface area is 155 Å². The summed E-state index contributed by atoms with van der Waals surface area (Å²) in [5.41, 5.74) is 1.60. The molecule has 0 aliphatic carbocycles. The number of ether oxygens (including phenoxy) is 1. The summed E-state index contributed by atoms with van der Waals surface area (Å²) >= 11 is 0. The normalized spacial score (nSPS) is 16.9. The first-order chi connectivity index (χ1) is 12.1. The average Bonchev–Trinajstić information content (AvgIpc) is 3.05. The number of aromatic carboxylic acids is 1. The lowest BCUT2D eigenvalue weighted by Crippen LogP contribution is -2.53. The molecule has 0 radical (unpaired) electrons. The lowest BCUT2D eigenvalue weighted by Gasteiger charge is -2.38. The molecule has 1 saturated heterocycles. The van der Waals surface area contributed by atoms with Crippen LogP contribution < -0.4 is 9.39 Å². The van der Waals surface area contributed by atoms with Crippen LogP contribution in [0.4, 0.5) is 0 Å². The zero-order valence-electron chi connectivity index (χ0n) is 13.8. The number of H-pyrrole nitrogens is 1. The van der Waals surface area contributed by atoms with Crippen LogP contribution in [0.1, 0.15) is 21.6 Å². The van der Waals surface area contributed by atoms with Gasteiger partial charge < -0.3 is 19.5 Å². The predicted octanol–water partition coefficient (Wildman–Crippen LogP) is 0.603. The number of benzene rings is 1. The summed E-state index contributed by atoms with van der Waals surface area (Å²) in [5.74, 6) is -0.645. The van der Waals surface area contributed by atoms with Crippen molar-refractivity contribution in [3.63, 3.8) is 0 Å². The van der Waals surface area contributed by atoms with E-state index in [0.717, 1.165) is 11.3 Å². The van der Waals surface area contributed by atoms with E-state index in [-0.39, 0.29) is 35.6 Å². The van der Waals surface area contributed by atoms with Crippen LogP contribution in [0.25, 0.3) is 0 Å². The maximum Gasteiger partial charge on any atom is 0.522 e. The van der Waals surface area contributed by atoms with Crippen molar-refractivity contribution in [3.05, 3.63) is 35.2 Å². The molecule has 2 aliphatic heterocycles. The molecular weight excluding hydrogens is 362 g/mol. The molecule has 2 aromatic rings. The highest BCUT2D eigenvalue weighted by atomic mass is 35.5. The Hall–Kier alpha value is -2.30. The summed E-state index contributed by atoms with van der Waals surface area (Å²) in [6.07, 6.45) is 2.59. The molecule has 4 rings (SSSR count). The molecule has 1 aromatic carbocycles. The number of carboxylic acids is 1. The molecule has 0 amide bonds. The van der Waals surface area contributed by atoms with Gasteiger partial charge in [0.25, 0.3) is 0 Å². The minimum atomic E-state index is -1.13. The van der Waals surface area contributed by atoms with Crippen molar-refractivity contribution in [2.24, 2.45) is 0 Å². The van der Waals surface area contributed by atoms with Gasteiger partial charge >= 0.3 is 13.1 Å². The van der Waals surface area contributed by atoms with Crippen LogP contribution in [0.3, 0.4) is 0 Å². The Bertz CT molecular complexity index is 785. The van der Waals surface area contributed by atoms with E-state index in [1.165, 1.54) is 0 Å². The molecule has 0 atom stereocenters. The van der Waals surface area contributed by atoms with Crippen LogP contribution in [-0.4, -0.2) is 62.7 Å². The van der Waals surface area contributed by atoms with E-state index < -0.39 is 13.1 Å². The maximum atomic E-state index is 11.7. The van der Waals surface area contributed by atoms with Crippen molar-refractivity contribution < 1.29 is 24.3 Å². The lowest BCUT2D eigenvalue weighted by molar-refractivity contribution is 0.0127. The van der Waals surface area contributed by atoms with Gasteiger partial charge in [0, 0.05) is 19.6 Å². The van der Waals surface area contributed by atoms with Crippen molar-refractivity contribution in [2.75, 3.05) is 13.1 Å². The first-order valence-electron chi connectivity index (χ1n) is 8.07. The Morgan fingerprint density at radius 3 is 2.96 bits per heavy atom. The number of rotatable bonds is 5. The quantitative estimate of drug-likeness (QED) is 0.645. The number of aromatic amines is 1. The molecule has 0 spiro atoms. The number of aryl methyl sites for hydroxylation is 1. The summed E-state index contributed by atoms with van der Waals surface area (Å²) in [6.45, 7) is 2.01. The van der Waals surface area contributed by atoms with Gasteiger partial charge in [0.05, 0.1) is 11.9 Å². The molecule has 1 fully saturated rings. The number of carbonyl (C=O) groups is 1. The van der Waals surface area contributed by atoms with Gasteiger partial charge in [-0.15, -0.1) is 12.4 Å². The number of carboxylic acid groups (broad SMARTS) is 1. The summed E-state index contributed by atoms with van der Waals surface area (Å²) in [6, 6.07) is 3.47. The second kappa shape index (κ2) is 7.52. The molecule has 0 unspecified atom stereocenters. The minimum absolute atomic E-state index is 0. The highest BCUT2D eigenvalue weighted by Gasteiger charge is 2.33. The zero-order valence-corrected chi connectivity index (χ0v) is 14.6. The SMILES string of the molecule is Cl.O=C(O)c1c(OC2CN(Cc3cn[nH]n3)C2)ccc2c1OB(O)CC2. The second-order valence-electron chi connectivity index (χ2n) is 6.24. The molecule has 138 valence electrons. The second-order valence-corrected chi connectivity index (χ2v) is 6.24. The molecule has 26 heavy (non-hydrogen) atoms. The van der Waals surface area contributed by atoms with Gasteiger partial charge in [-0.2, -0.15) is 15.4 Å². The fraction of sp³-hybridized carbons (Fsp3) is 0.400.